The van der Waals surface area contributed by atoms with E-state index in [1.807, 2.05) is 6.07 Å². The van der Waals surface area contributed by atoms with Crippen LogP contribution in [0.3, 0.4) is 0 Å². The van der Waals surface area contributed by atoms with Gasteiger partial charge in [0.05, 0.1) is 5.69 Å². The number of carbonyl (C=O) groups excluding carboxylic acids is 2. The van der Waals surface area contributed by atoms with Crippen molar-refractivity contribution in [1.29, 1.82) is 0 Å². The molecule has 0 atom stereocenters. The van der Waals surface area contributed by atoms with Crippen molar-refractivity contribution >= 4 is 23.2 Å². The smallest absolute Gasteiger partial charge is 0.262 e. The fourth-order valence-corrected chi connectivity index (χ4v) is 3.22. The van der Waals surface area contributed by atoms with E-state index in [2.05, 4.69) is 16.0 Å². The minimum Gasteiger partial charge on any atom is -0.484 e. The van der Waals surface area contributed by atoms with Crippen LogP contribution in [0.15, 0.2) is 36.4 Å². The number of hydrogen-bond acceptors (Lipinski definition) is 4. The lowest BCUT2D eigenvalue weighted by Gasteiger charge is -2.19. The Hall–Kier alpha value is -2.93. The van der Waals surface area contributed by atoms with Gasteiger partial charge in [-0.1, -0.05) is 12.1 Å². The largest absolute Gasteiger partial charge is 0.484 e. The summed E-state index contributed by atoms with van der Waals surface area (Å²) in [4.78, 5) is 24.0. The lowest BCUT2D eigenvalue weighted by molar-refractivity contribution is -0.118. The molecule has 2 aromatic rings. The van der Waals surface area contributed by atoms with Crippen molar-refractivity contribution in [2.24, 2.45) is 5.92 Å². The summed E-state index contributed by atoms with van der Waals surface area (Å²) in [6, 6.07) is 10.3. The summed E-state index contributed by atoms with van der Waals surface area (Å²) in [6.45, 7) is 1.10. The highest BCUT2D eigenvalue weighted by Gasteiger charge is 2.29. The number of nitrogens with one attached hydrogen (secondary N) is 3. The van der Waals surface area contributed by atoms with E-state index in [-0.39, 0.29) is 29.9 Å². The Balaban J connectivity index is 1.34. The second-order valence-electron chi connectivity index (χ2n) is 7.12. The standard InChI is InChI=1S/C21H22FN3O3/c22-20-17-8-9-23-11-14(17)6-7-18(20)25-19(26)12-28-16-3-1-2-15(10-16)24-21(27)13-4-5-13/h1-3,6-7,10,13,23H,4-5,8-9,11-12H2,(H,24,27)(H,25,26). The Labute approximate surface area is 162 Å². The topological polar surface area (TPSA) is 79.5 Å². The minimum absolute atomic E-state index is 0.00739. The molecule has 4 rings (SSSR count). The molecule has 1 saturated carbocycles. The summed E-state index contributed by atoms with van der Waals surface area (Å²) in [5.41, 5.74) is 2.36. The second-order valence-corrected chi connectivity index (χ2v) is 7.12. The van der Waals surface area contributed by atoms with Gasteiger partial charge in [-0.2, -0.15) is 0 Å². The van der Waals surface area contributed by atoms with Crippen molar-refractivity contribution in [3.63, 3.8) is 0 Å². The molecule has 0 bridgehead atoms. The van der Waals surface area contributed by atoms with Crippen molar-refractivity contribution < 1.29 is 18.7 Å². The van der Waals surface area contributed by atoms with E-state index in [4.69, 9.17) is 4.74 Å². The summed E-state index contributed by atoms with van der Waals surface area (Å²) in [5.74, 6) is -0.247. The first-order chi connectivity index (χ1) is 13.6. The molecule has 1 heterocycles. The molecule has 2 aliphatic rings. The molecule has 28 heavy (non-hydrogen) atoms. The predicted octanol–water partition coefficient (Wildman–Crippen LogP) is 2.84. The number of hydrogen-bond donors (Lipinski definition) is 3. The lowest BCUT2D eigenvalue weighted by Crippen LogP contribution is -2.26. The molecule has 1 aliphatic carbocycles. The van der Waals surface area contributed by atoms with E-state index in [9.17, 15) is 14.0 Å². The molecule has 146 valence electrons. The Morgan fingerprint density at radius 2 is 2.04 bits per heavy atom. The van der Waals surface area contributed by atoms with Crippen molar-refractivity contribution in [1.82, 2.24) is 5.32 Å². The number of amides is 2. The zero-order valence-corrected chi connectivity index (χ0v) is 15.4. The zero-order valence-electron chi connectivity index (χ0n) is 15.4. The maximum atomic E-state index is 14.6. The molecular weight excluding hydrogens is 361 g/mol. The highest BCUT2D eigenvalue weighted by molar-refractivity contribution is 5.94. The Morgan fingerprint density at radius 3 is 2.86 bits per heavy atom. The number of benzene rings is 2. The van der Waals surface area contributed by atoms with E-state index >= 15 is 0 Å². The lowest BCUT2D eigenvalue weighted by atomic mass is 9.99. The number of anilines is 2. The van der Waals surface area contributed by atoms with Crippen LogP contribution in [0.4, 0.5) is 15.8 Å². The zero-order chi connectivity index (χ0) is 19.5. The molecule has 0 unspecified atom stereocenters. The van der Waals surface area contributed by atoms with Crippen LogP contribution in [0.2, 0.25) is 0 Å². The van der Waals surface area contributed by atoms with Gasteiger partial charge < -0.3 is 20.7 Å². The van der Waals surface area contributed by atoms with Gasteiger partial charge in [-0.25, -0.2) is 4.39 Å². The Bertz CT molecular complexity index is 912. The summed E-state index contributed by atoms with van der Waals surface area (Å²) in [6.07, 6.45) is 2.46. The maximum Gasteiger partial charge on any atom is 0.262 e. The van der Waals surface area contributed by atoms with Crippen molar-refractivity contribution in [3.8, 4) is 5.75 Å². The van der Waals surface area contributed by atoms with Crippen LogP contribution in [-0.2, 0) is 22.6 Å². The number of carbonyl (C=O) groups is 2. The number of ether oxygens (including phenoxy) is 1. The van der Waals surface area contributed by atoms with Crippen LogP contribution >= 0.6 is 0 Å². The van der Waals surface area contributed by atoms with Crippen LogP contribution in [0, 0.1) is 11.7 Å². The third-order valence-corrected chi connectivity index (χ3v) is 4.90. The summed E-state index contributed by atoms with van der Waals surface area (Å²) < 4.78 is 20.1. The highest BCUT2D eigenvalue weighted by Crippen LogP contribution is 2.30. The molecule has 6 nitrogen and oxygen atoms in total. The van der Waals surface area contributed by atoms with Gasteiger partial charge in [-0.05, 0) is 55.1 Å². The van der Waals surface area contributed by atoms with E-state index in [0.717, 1.165) is 24.9 Å². The molecule has 2 amide bonds. The number of halogens is 1. The van der Waals surface area contributed by atoms with Gasteiger partial charge in [0.2, 0.25) is 5.91 Å². The van der Waals surface area contributed by atoms with Crippen LogP contribution in [0.1, 0.15) is 24.0 Å². The maximum absolute atomic E-state index is 14.6. The average molecular weight is 383 g/mol. The third-order valence-electron chi connectivity index (χ3n) is 4.90. The van der Waals surface area contributed by atoms with Crippen molar-refractivity contribution in [2.75, 3.05) is 23.8 Å². The fourth-order valence-electron chi connectivity index (χ4n) is 3.22. The van der Waals surface area contributed by atoms with E-state index in [1.165, 1.54) is 0 Å². The third kappa shape index (κ3) is 4.31. The summed E-state index contributed by atoms with van der Waals surface area (Å²) >= 11 is 0. The van der Waals surface area contributed by atoms with Gasteiger partial charge in [0.25, 0.3) is 5.91 Å². The normalized spacial score (nSPS) is 15.5. The molecule has 0 radical (unpaired) electrons. The number of fused-ring (bicyclic) bond motifs is 1. The molecule has 0 saturated heterocycles. The molecular formula is C21H22FN3O3. The van der Waals surface area contributed by atoms with Crippen molar-refractivity contribution in [3.05, 3.63) is 53.3 Å². The minimum atomic E-state index is -0.444. The Morgan fingerprint density at radius 1 is 1.18 bits per heavy atom. The molecule has 2 aromatic carbocycles. The van der Waals surface area contributed by atoms with Crippen LogP contribution in [0.5, 0.6) is 5.75 Å². The molecule has 1 aliphatic heterocycles. The predicted molar refractivity (Wildman–Crippen MR) is 104 cm³/mol. The number of rotatable bonds is 6. The second kappa shape index (κ2) is 7.98. The van der Waals surface area contributed by atoms with Gasteiger partial charge >= 0.3 is 0 Å². The van der Waals surface area contributed by atoms with Gasteiger partial charge in [0, 0.05) is 24.2 Å². The SMILES string of the molecule is O=C(COc1cccc(NC(=O)C2CC2)c1)Nc1ccc2c(c1F)CCNC2. The molecule has 0 aromatic heterocycles. The summed E-state index contributed by atoms with van der Waals surface area (Å²) in [5, 5.41) is 8.60. The quantitative estimate of drug-likeness (QED) is 0.717. The van der Waals surface area contributed by atoms with Crippen LogP contribution in [-0.4, -0.2) is 25.0 Å². The molecule has 7 heteroatoms. The van der Waals surface area contributed by atoms with Crippen LogP contribution in [0.25, 0.3) is 0 Å². The Kier molecular flexibility index (Phi) is 5.25. The van der Waals surface area contributed by atoms with Gasteiger partial charge in [0.15, 0.2) is 6.61 Å². The van der Waals surface area contributed by atoms with Crippen molar-refractivity contribution in [2.45, 2.75) is 25.8 Å². The van der Waals surface area contributed by atoms with E-state index < -0.39 is 5.91 Å². The summed E-state index contributed by atoms with van der Waals surface area (Å²) in [7, 11) is 0. The van der Waals surface area contributed by atoms with Crippen LogP contribution < -0.4 is 20.7 Å². The van der Waals surface area contributed by atoms with E-state index in [0.29, 0.717) is 30.0 Å². The molecule has 0 spiro atoms. The molecule has 3 N–H and O–H groups in total. The first-order valence-corrected chi connectivity index (χ1v) is 9.45. The molecule has 1 fully saturated rings. The average Bonchev–Trinajstić information content (AvgIpc) is 3.55. The van der Waals surface area contributed by atoms with E-state index in [1.54, 1.807) is 30.3 Å². The van der Waals surface area contributed by atoms with Gasteiger partial charge in [-0.15, -0.1) is 0 Å². The first-order valence-electron chi connectivity index (χ1n) is 9.45. The first kappa shape index (κ1) is 18.4. The van der Waals surface area contributed by atoms with Gasteiger partial charge in [0.1, 0.15) is 11.6 Å². The van der Waals surface area contributed by atoms with Gasteiger partial charge in [-0.3, -0.25) is 9.59 Å². The monoisotopic (exact) mass is 383 g/mol. The fraction of sp³-hybridized carbons (Fsp3) is 0.333. The highest BCUT2D eigenvalue weighted by atomic mass is 19.1.